The molecule has 3 nitrogen and oxygen atoms in total. The molecule has 0 N–H and O–H groups in total. The van der Waals surface area contributed by atoms with Crippen LogP contribution < -0.4 is 0 Å². The molecule has 13 heavy (non-hydrogen) atoms. The third-order valence-corrected chi connectivity index (χ3v) is 3.32. The molecule has 0 aliphatic carbocycles. The van der Waals surface area contributed by atoms with Gasteiger partial charge in [-0.3, -0.25) is 0 Å². The van der Waals surface area contributed by atoms with Crippen molar-refractivity contribution in [3.05, 3.63) is 0 Å². The minimum absolute atomic E-state index is 0.0147. The van der Waals surface area contributed by atoms with Crippen molar-refractivity contribution in [2.45, 2.75) is 31.3 Å². The molecule has 0 saturated carbocycles. The zero-order chi connectivity index (χ0) is 9.15. The molecule has 2 fully saturated rings. The van der Waals surface area contributed by atoms with Crippen LogP contribution in [-0.4, -0.2) is 31.7 Å². The number of ether oxygens (including phenoxy) is 2. The van der Waals surface area contributed by atoms with Gasteiger partial charge in [-0.25, -0.2) is 0 Å². The maximum absolute atomic E-state index is 10.5. The zero-order valence-corrected chi connectivity index (χ0v) is 7.83. The summed E-state index contributed by atoms with van der Waals surface area (Å²) in [6.07, 6.45) is 4.65. The van der Waals surface area contributed by atoms with Crippen LogP contribution in [0, 0.1) is 5.92 Å². The SMILES string of the molecule is O=CCC1CCOC12CCOCC2. The van der Waals surface area contributed by atoms with Crippen LogP contribution in [0.4, 0.5) is 0 Å². The zero-order valence-electron chi connectivity index (χ0n) is 7.83. The molecule has 1 unspecified atom stereocenters. The largest absolute Gasteiger partial charge is 0.381 e. The second kappa shape index (κ2) is 3.76. The Bertz CT molecular complexity index is 185. The summed E-state index contributed by atoms with van der Waals surface area (Å²) in [5, 5.41) is 0. The van der Waals surface area contributed by atoms with E-state index in [0.29, 0.717) is 12.3 Å². The molecule has 2 aliphatic rings. The third-order valence-electron chi connectivity index (χ3n) is 3.32. The number of aldehydes is 1. The Kier molecular flexibility index (Phi) is 2.65. The summed E-state index contributed by atoms with van der Waals surface area (Å²) in [5.74, 6) is 0.439. The van der Waals surface area contributed by atoms with Crippen molar-refractivity contribution in [3.8, 4) is 0 Å². The van der Waals surface area contributed by atoms with E-state index in [1.54, 1.807) is 0 Å². The second-order valence-corrected chi connectivity index (χ2v) is 3.91. The van der Waals surface area contributed by atoms with Crippen molar-refractivity contribution < 1.29 is 14.3 Å². The van der Waals surface area contributed by atoms with E-state index < -0.39 is 0 Å². The van der Waals surface area contributed by atoms with Crippen molar-refractivity contribution in [1.82, 2.24) is 0 Å². The first-order valence-corrected chi connectivity index (χ1v) is 5.03. The normalized spacial score (nSPS) is 32.2. The quantitative estimate of drug-likeness (QED) is 0.604. The van der Waals surface area contributed by atoms with Gasteiger partial charge in [-0.05, 0) is 12.3 Å². The molecule has 0 amide bonds. The molecule has 0 aromatic carbocycles. The van der Waals surface area contributed by atoms with E-state index in [1.165, 1.54) is 0 Å². The average Bonchev–Trinajstić information content (AvgIpc) is 2.52. The Morgan fingerprint density at radius 2 is 2.08 bits per heavy atom. The number of hydrogen-bond acceptors (Lipinski definition) is 3. The first-order valence-electron chi connectivity index (χ1n) is 5.03. The maximum Gasteiger partial charge on any atom is 0.120 e. The van der Waals surface area contributed by atoms with E-state index >= 15 is 0 Å². The van der Waals surface area contributed by atoms with Crippen molar-refractivity contribution in [2.24, 2.45) is 5.92 Å². The lowest BCUT2D eigenvalue weighted by atomic mass is 9.80. The molecule has 1 spiro atoms. The fourth-order valence-corrected chi connectivity index (χ4v) is 2.50. The number of carbonyl (C=O) groups excluding carboxylic acids is 1. The molecule has 3 heteroatoms. The highest BCUT2D eigenvalue weighted by molar-refractivity contribution is 5.50. The van der Waals surface area contributed by atoms with Gasteiger partial charge in [-0.15, -0.1) is 0 Å². The molecule has 2 saturated heterocycles. The summed E-state index contributed by atoms with van der Waals surface area (Å²) in [6.45, 7) is 2.39. The van der Waals surface area contributed by atoms with Gasteiger partial charge in [0.15, 0.2) is 0 Å². The Hall–Kier alpha value is -0.410. The molecule has 1 atom stereocenters. The predicted molar refractivity (Wildman–Crippen MR) is 47.5 cm³/mol. The fraction of sp³-hybridized carbons (Fsp3) is 0.900. The van der Waals surface area contributed by atoms with Gasteiger partial charge < -0.3 is 14.3 Å². The average molecular weight is 184 g/mol. The predicted octanol–water partition coefficient (Wildman–Crippen LogP) is 1.16. The highest BCUT2D eigenvalue weighted by Gasteiger charge is 2.44. The van der Waals surface area contributed by atoms with Gasteiger partial charge >= 0.3 is 0 Å². The van der Waals surface area contributed by atoms with E-state index in [9.17, 15) is 4.79 Å². The van der Waals surface area contributed by atoms with Crippen molar-refractivity contribution in [1.29, 1.82) is 0 Å². The molecule has 74 valence electrons. The Morgan fingerprint density at radius 1 is 1.31 bits per heavy atom. The number of carbonyl (C=O) groups is 1. The van der Waals surface area contributed by atoms with Crippen molar-refractivity contribution in [3.63, 3.8) is 0 Å². The number of hydrogen-bond donors (Lipinski definition) is 0. The van der Waals surface area contributed by atoms with E-state index in [-0.39, 0.29) is 5.60 Å². The fourth-order valence-electron chi connectivity index (χ4n) is 2.50. The number of rotatable bonds is 2. The van der Waals surface area contributed by atoms with Gasteiger partial charge in [-0.1, -0.05) is 0 Å². The summed E-state index contributed by atoms with van der Waals surface area (Å²) in [7, 11) is 0. The van der Waals surface area contributed by atoms with Crippen molar-refractivity contribution in [2.75, 3.05) is 19.8 Å². The van der Waals surface area contributed by atoms with E-state index in [1.807, 2.05) is 0 Å². The molecule has 0 aromatic rings. The van der Waals surface area contributed by atoms with Crippen LogP contribution in [0.25, 0.3) is 0 Å². The smallest absolute Gasteiger partial charge is 0.120 e. The highest BCUT2D eigenvalue weighted by atomic mass is 16.5. The molecular weight excluding hydrogens is 168 g/mol. The van der Waals surface area contributed by atoms with E-state index in [0.717, 1.165) is 45.4 Å². The minimum Gasteiger partial charge on any atom is -0.381 e. The van der Waals surface area contributed by atoms with Crippen LogP contribution in [-0.2, 0) is 14.3 Å². The lowest BCUT2D eigenvalue weighted by Gasteiger charge is -2.37. The van der Waals surface area contributed by atoms with Crippen LogP contribution in [0.5, 0.6) is 0 Å². The van der Waals surface area contributed by atoms with Crippen LogP contribution in [0.3, 0.4) is 0 Å². The van der Waals surface area contributed by atoms with Crippen molar-refractivity contribution >= 4 is 6.29 Å². The third kappa shape index (κ3) is 1.63. The van der Waals surface area contributed by atoms with E-state index in [4.69, 9.17) is 9.47 Å². The first-order chi connectivity index (χ1) is 6.37. The summed E-state index contributed by atoms with van der Waals surface area (Å²) in [6, 6.07) is 0. The standard InChI is InChI=1S/C10H16O3/c11-5-1-9-2-6-13-10(9)3-7-12-8-4-10/h5,9H,1-4,6-8H2. The molecular formula is C10H16O3. The monoisotopic (exact) mass is 184 g/mol. The molecule has 2 rings (SSSR count). The van der Waals surface area contributed by atoms with Gasteiger partial charge in [0.25, 0.3) is 0 Å². The molecule has 0 aromatic heterocycles. The van der Waals surface area contributed by atoms with Crippen LogP contribution in [0.1, 0.15) is 25.7 Å². The molecule has 2 aliphatic heterocycles. The van der Waals surface area contributed by atoms with Gasteiger partial charge in [0.1, 0.15) is 6.29 Å². The lowest BCUT2D eigenvalue weighted by molar-refractivity contribution is -0.116. The molecule has 0 bridgehead atoms. The van der Waals surface area contributed by atoms with Gasteiger partial charge in [0, 0.05) is 39.1 Å². The van der Waals surface area contributed by atoms with Gasteiger partial charge in [0.05, 0.1) is 5.60 Å². The lowest BCUT2D eigenvalue weighted by Crippen LogP contribution is -2.41. The van der Waals surface area contributed by atoms with Crippen LogP contribution >= 0.6 is 0 Å². The molecule has 2 heterocycles. The summed E-state index contributed by atoms with van der Waals surface area (Å²) < 4.78 is 11.1. The van der Waals surface area contributed by atoms with Gasteiger partial charge in [0.2, 0.25) is 0 Å². The Morgan fingerprint density at radius 3 is 2.77 bits per heavy atom. The first kappa shape index (κ1) is 9.16. The summed E-state index contributed by atoms with van der Waals surface area (Å²) in [5.41, 5.74) is -0.0147. The minimum atomic E-state index is -0.0147. The van der Waals surface area contributed by atoms with Crippen LogP contribution in [0.15, 0.2) is 0 Å². The highest BCUT2D eigenvalue weighted by Crippen LogP contribution is 2.41. The van der Waals surface area contributed by atoms with Crippen LogP contribution in [0.2, 0.25) is 0 Å². The summed E-state index contributed by atoms with van der Waals surface area (Å²) >= 11 is 0. The summed E-state index contributed by atoms with van der Waals surface area (Å²) in [4.78, 5) is 10.5. The topological polar surface area (TPSA) is 35.5 Å². The Labute approximate surface area is 78.4 Å². The second-order valence-electron chi connectivity index (χ2n) is 3.91. The van der Waals surface area contributed by atoms with E-state index in [2.05, 4.69) is 0 Å². The van der Waals surface area contributed by atoms with Gasteiger partial charge in [-0.2, -0.15) is 0 Å². The molecule has 0 radical (unpaired) electrons. The maximum atomic E-state index is 10.5. The Balaban J connectivity index is 2.04.